The van der Waals surface area contributed by atoms with Crippen LogP contribution >= 0.6 is 23.1 Å². The van der Waals surface area contributed by atoms with Gasteiger partial charge >= 0.3 is 0 Å². The number of benzene rings is 2. The normalized spacial score (nSPS) is 11.0. The number of nitrogens with zero attached hydrogens (tertiary/aromatic N) is 3. The molecule has 0 bridgehead atoms. The highest BCUT2D eigenvalue weighted by Gasteiger charge is 2.18. The van der Waals surface area contributed by atoms with Gasteiger partial charge in [0.15, 0.2) is 0 Å². The molecule has 4 nitrogen and oxygen atoms in total. The van der Waals surface area contributed by atoms with Crippen LogP contribution in [0, 0.1) is 13.8 Å². The highest BCUT2D eigenvalue weighted by molar-refractivity contribution is 8.00. The number of thiophene rings is 1. The Morgan fingerprint density at radius 2 is 1.87 bits per heavy atom. The van der Waals surface area contributed by atoms with E-state index in [1.165, 1.54) is 17.3 Å². The quantitative estimate of drug-likeness (QED) is 0.271. The van der Waals surface area contributed by atoms with Gasteiger partial charge < -0.3 is 4.90 Å². The van der Waals surface area contributed by atoms with Crippen LogP contribution in [0.5, 0.6) is 0 Å². The highest BCUT2D eigenvalue weighted by atomic mass is 32.2. The van der Waals surface area contributed by atoms with Crippen LogP contribution in [-0.4, -0.2) is 28.2 Å². The average molecular weight is 434 g/mol. The molecule has 6 heteroatoms. The molecule has 2 aromatic carbocycles. The molecule has 1 amide bonds. The SMILES string of the molecule is CCN(C(=O)CSc1ncnc2scc(-c3ccc(C)cc3)c12)c1cccc(C)c1. The minimum atomic E-state index is 0.0759. The van der Waals surface area contributed by atoms with Crippen molar-refractivity contribution < 1.29 is 4.79 Å². The molecule has 0 aliphatic rings. The number of thioether (sulfide) groups is 1. The number of rotatable bonds is 6. The van der Waals surface area contributed by atoms with Gasteiger partial charge in [-0.3, -0.25) is 4.79 Å². The Morgan fingerprint density at radius 1 is 1.07 bits per heavy atom. The van der Waals surface area contributed by atoms with Crippen molar-refractivity contribution in [3.8, 4) is 11.1 Å². The molecule has 4 aromatic rings. The van der Waals surface area contributed by atoms with Gasteiger partial charge in [0.25, 0.3) is 0 Å². The summed E-state index contributed by atoms with van der Waals surface area (Å²) in [5.41, 5.74) is 5.57. The van der Waals surface area contributed by atoms with Crippen LogP contribution in [0.1, 0.15) is 18.1 Å². The van der Waals surface area contributed by atoms with Crippen molar-refractivity contribution in [2.24, 2.45) is 0 Å². The summed E-state index contributed by atoms with van der Waals surface area (Å²) in [6.45, 7) is 6.76. The Morgan fingerprint density at radius 3 is 2.60 bits per heavy atom. The summed E-state index contributed by atoms with van der Waals surface area (Å²) in [7, 11) is 0. The van der Waals surface area contributed by atoms with Crippen LogP contribution in [0.3, 0.4) is 0 Å². The van der Waals surface area contributed by atoms with Crippen LogP contribution in [0.2, 0.25) is 0 Å². The summed E-state index contributed by atoms with van der Waals surface area (Å²) in [6, 6.07) is 16.5. The van der Waals surface area contributed by atoms with E-state index in [1.807, 2.05) is 43.0 Å². The van der Waals surface area contributed by atoms with Crippen LogP contribution in [0.4, 0.5) is 5.69 Å². The van der Waals surface area contributed by atoms with Crippen molar-refractivity contribution >= 4 is 44.9 Å². The third-order valence-corrected chi connectivity index (χ3v) is 6.82. The first kappa shape index (κ1) is 20.6. The van der Waals surface area contributed by atoms with Gasteiger partial charge in [0.05, 0.1) is 11.1 Å². The third kappa shape index (κ3) is 4.25. The zero-order chi connectivity index (χ0) is 21.1. The minimum absolute atomic E-state index is 0.0759. The molecular formula is C24H23N3OS2. The second-order valence-electron chi connectivity index (χ2n) is 7.14. The van der Waals surface area contributed by atoms with Gasteiger partial charge in [-0.25, -0.2) is 9.97 Å². The van der Waals surface area contributed by atoms with E-state index in [0.29, 0.717) is 12.3 Å². The fourth-order valence-electron chi connectivity index (χ4n) is 3.41. The van der Waals surface area contributed by atoms with Gasteiger partial charge in [0.2, 0.25) is 5.91 Å². The van der Waals surface area contributed by atoms with E-state index in [4.69, 9.17) is 0 Å². The molecule has 0 saturated heterocycles. The number of hydrogen-bond donors (Lipinski definition) is 0. The fraction of sp³-hybridized carbons (Fsp3) is 0.208. The molecule has 2 aromatic heterocycles. The van der Waals surface area contributed by atoms with Gasteiger partial charge in [-0.05, 0) is 44.0 Å². The molecule has 0 unspecified atom stereocenters. The Hall–Kier alpha value is -2.70. The lowest BCUT2D eigenvalue weighted by atomic mass is 10.1. The van der Waals surface area contributed by atoms with Gasteiger partial charge in [-0.1, -0.05) is 53.7 Å². The molecule has 0 aliphatic heterocycles. The van der Waals surface area contributed by atoms with Gasteiger partial charge in [-0.2, -0.15) is 0 Å². The van der Waals surface area contributed by atoms with E-state index in [9.17, 15) is 4.79 Å². The Balaban J connectivity index is 1.60. The molecule has 2 heterocycles. The van der Waals surface area contributed by atoms with Crippen LogP contribution in [0.15, 0.2) is 65.3 Å². The second-order valence-corrected chi connectivity index (χ2v) is 8.96. The molecule has 0 saturated carbocycles. The molecule has 0 aliphatic carbocycles. The van der Waals surface area contributed by atoms with Crippen LogP contribution < -0.4 is 4.90 Å². The van der Waals surface area contributed by atoms with Crippen molar-refractivity contribution in [3.63, 3.8) is 0 Å². The van der Waals surface area contributed by atoms with Crippen molar-refractivity contribution in [1.82, 2.24) is 9.97 Å². The maximum absolute atomic E-state index is 13.0. The number of carbonyl (C=O) groups excluding carboxylic acids is 1. The Labute approximate surface area is 185 Å². The molecule has 0 atom stereocenters. The minimum Gasteiger partial charge on any atom is -0.312 e. The van der Waals surface area contributed by atoms with E-state index in [1.54, 1.807) is 17.7 Å². The number of anilines is 1. The predicted octanol–water partition coefficient (Wildman–Crippen LogP) is 6.12. The van der Waals surface area contributed by atoms with Crippen molar-refractivity contribution in [1.29, 1.82) is 0 Å². The molecule has 0 radical (unpaired) electrons. The molecule has 30 heavy (non-hydrogen) atoms. The number of fused-ring (bicyclic) bond motifs is 1. The monoisotopic (exact) mass is 433 g/mol. The summed E-state index contributed by atoms with van der Waals surface area (Å²) < 4.78 is 0. The number of carbonyl (C=O) groups is 1. The van der Waals surface area contributed by atoms with Gasteiger partial charge in [-0.15, -0.1) is 11.3 Å². The number of amides is 1. The lowest BCUT2D eigenvalue weighted by Gasteiger charge is -2.21. The predicted molar refractivity (Wildman–Crippen MR) is 128 cm³/mol. The zero-order valence-corrected chi connectivity index (χ0v) is 18.9. The van der Waals surface area contributed by atoms with Crippen LogP contribution in [0.25, 0.3) is 21.3 Å². The van der Waals surface area contributed by atoms with Crippen molar-refractivity contribution in [2.45, 2.75) is 25.8 Å². The molecular weight excluding hydrogens is 410 g/mol. The lowest BCUT2D eigenvalue weighted by Crippen LogP contribution is -2.32. The van der Waals surface area contributed by atoms with E-state index < -0.39 is 0 Å². The summed E-state index contributed by atoms with van der Waals surface area (Å²) >= 11 is 3.09. The maximum atomic E-state index is 13.0. The van der Waals surface area contributed by atoms with Gasteiger partial charge in [0, 0.05) is 23.2 Å². The Kier molecular flexibility index (Phi) is 6.16. The molecule has 0 spiro atoms. The first-order chi connectivity index (χ1) is 14.6. The molecule has 152 valence electrons. The lowest BCUT2D eigenvalue weighted by molar-refractivity contribution is -0.116. The van der Waals surface area contributed by atoms with E-state index in [0.717, 1.165) is 37.6 Å². The number of aromatic nitrogens is 2. The van der Waals surface area contributed by atoms with Crippen molar-refractivity contribution in [2.75, 3.05) is 17.2 Å². The third-order valence-electron chi connectivity index (χ3n) is 4.96. The molecule has 0 fully saturated rings. The number of hydrogen-bond acceptors (Lipinski definition) is 5. The summed E-state index contributed by atoms with van der Waals surface area (Å²) in [6.07, 6.45) is 1.59. The Bertz CT molecular complexity index is 1180. The summed E-state index contributed by atoms with van der Waals surface area (Å²) in [4.78, 5) is 24.7. The summed E-state index contributed by atoms with van der Waals surface area (Å²) in [5.74, 6) is 0.406. The second kappa shape index (κ2) is 8.98. The fourth-order valence-corrected chi connectivity index (χ4v) is 5.28. The van der Waals surface area contributed by atoms with Gasteiger partial charge in [0.1, 0.15) is 16.2 Å². The molecule has 0 N–H and O–H groups in total. The number of aryl methyl sites for hydroxylation is 2. The maximum Gasteiger partial charge on any atom is 0.237 e. The topological polar surface area (TPSA) is 46.1 Å². The zero-order valence-electron chi connectivity index (χ0n) is 17.3. The summed E-state index contributed by atoms with van der Waals surface area (Å²) in [5, 5.41) is 4.01. The first-order valence-electron chi connectivity index (χ1n) is 9.86. The largest absolute Gasteiger partial charge is 0.312 e. The first-order valence-corrected chi connectivity index (χ1v) is 11.7. The average Bonchev–Trinajstić information content (AvgIpc) is 3.18. The smallest absolute Gasteiger partial charge is 0.237 e. The highest BCUT2D eigenvalue weighted by Crippen LogP contribution is 2.38. The van der Waals surface area contributed by atoms with Crippen molar-refractivity contribution in [3.05, 3.63) is 71.4 Å². The molecule has 4 rings (SSSR count). The van der Waals surface area contributed by atoms with E-state index >= 15 is 0 Å². The standard InChI is InChI=1S/C24H23N3OS2/c1-4-27(19-7-5-6-17(3)12-19)21(28)14-30-24-22-20(13-29-23(22)25-15-26-24)18-10-8-16(2)9-11-18/h5-13,15H,4,14H2,1-3H3. The van der Waals surface area contributed by atoms with E-state index in [2.05, 4.69) is 46.5 Å². The van der Waals surface area contributed by atoms with Crippen LogP contribution in [-0.2, 0) is 4.79 Å². The van der Waals surface area contributed by atoms with E-state index in [-0.39, 0.29) is 5.91 Å².